The quantitative estimate of drug-likeness (QED) is 0.823. The van der Waals surface area contributed by atoms with E-state index in [4.69, 9.17) is 10.5 Å². The molecule has 0 saturated heterocycles. The van der Waals surface area contributed by atoms with Crippen molar-refractivity contribution in [3.8, 4) is 12.1 Å². The molecular formula is C15H11N3OS. The summed E-state index contributed by atoms with van der Waals surface area (Å²) in [6, 6.07) is 13.2. The lowest BCUT2D eigenvalue weighted by atomic mass is 10.2. The molecule has 0 aliphatic heterocycles. The molecule has 0 N–H and O–H groups in total. The number of rotatable bonds is 2. The number of nitrogens with zero attached hydrogens (tertiary/aromatic N) is 3. The highest BCUT2D eigenvalue weighted by atomic mass is 32.1. The Bertz CT molecular complexity index is 860. The number of hydrogen-bond donors (Lipinski definition) is 0. The number of nitriles is 2. The van der Waals surface area contributed by atoms with E-state index in [-0.39, 0.29) is 11.1 Å². The zero-order valence-electron chi connectivity index (χ0n) is 10.8. The van der Waals surface area contributed by atoms with Crippen LogP contribution in [0.15, 0.2) is 35.1 Å². The molecule has 0 aliphatic carbocycles. The first-order valence-corrected chi connectivity index (χ1v) is 6.83. The normalized spacial score (nSPS) is 10.8. The van der Waals surface area contributed by atoms with Crippen molar-refractivity contribution in [1.29, 1.82) is 10.5 Å². The Balaban J connectivity index is 2.82. The van der Waals surface area contributed by atoms with Crippen molar-refractivity contribution in [2.75, 3.05) is 0 Å². The lowest BCUT2D eigenvalue weighted by Gasteiger charge is -1.93. The maximum atomic E-state index is 12.3. The van der Waals surface area contributed by atoms with Crippen LogP contribution in [-0.4, -0.2) is 4.57 Å². The van der Waals surface area contributed by atoms with E-state index in [2.05, 4.69) is 0 Å². The fraction of sp³-hybridized carbons (Fsp3) is 0.133. The summed E-state index contributed by atoms with van der Waals surface area (Å²) in [7, 11) is 0. The summed E-state index contributed by atoms with van der Waals surface area (Å²) in [4.78, 5) is 12.3. The Morgan fingerprint density at radius 3 is 2.50 bits per heavy atom. The van der Waals surface area contributed by atoms with Crippen LogP contribution in [-0.2, 0) is 6.54 Å². The van der Waals surface area contributed by atoms with E-state index < -0.39 is 0 Å². The molecule has 20 heavy (non-hydrogen) atoms. The van der Waals surface area contributed by atoms with Crippen LogP contribution in [0, 0.1) is 22.7 Å². The van der Waals surface area contributed by atoms with Gasteiger partial charge in [0.1, 0.15) is 16.8 Å². The van der Waals surface area contributed by atoms with E-state index in [1.54, 1.807) is 6.08 Å². The number of thiazole rings is 1. The Kier molecular flexibility index (Phi) is 4.14. The number of benzene rings is 1. The Labute approximate surface area is 119 Å². The molecule has 1 heterocycles. The summed E-state index contributed by atoms with van der Waals surface area (Å²) in [6.07, 6.45) is 1.77. The molecule has 1 aromatic heterocycles. The maximum absolute atomic E-state index is 12.3. The lowest BCUT2D eigenvalue weighted by molar-refractivity contribution is 0.722. The minimum atomic E-state index is -0.167. The zero-order chi connectivity index (χ0) is 14.5. The lowest BCUT2D eigenvalue weighted by Crippen LogP contribution is -2.31. The zero-order valence-corrected chi connectivity index (χ0v) is 11.6. The number of hydrogen-bond acceptors (Lipinski definition) is 4. The van der Waals surface area contributed by atoms with Gasteiger partial charge in [0.05, 0.1) is 4.53 Å². The predicted octanol–water partition coefficient (Wildman–Crippen LogP) is 0.956. The van der Waals surface area contributed by atoms with Crippen LogP contribution in [0.25, 0.3) is 11.6 Å². The SMILES string of the molecule is CCn1c(=C(C#N)C#N)s/c(=C/c2ccccc2)c1=O. The third kappa shape index (κ3) is 2.54. The Morgan fingerprint density at radius 2 is 1.95 bits per heavy atom. The van der Waals surface area contributed by atoms with Crippen molar-refractivity contribution in [2.24, 2.45) is 0 Å². The van der Waals surface area contributed by atoms with Crippen molar-refractivity contribution in [2.45, 2.75) is 13.5 Å². The van der Waals surface area contributed by atoms with Crippen LogP contribution in [0.1, 0.15) is 12.5 Å². The van der Waals surface area contributed by atoms with Gasteiger partial charge in [0, 0.05) is 6.54 Å². The monoisotopic (exact) mass is 281 g/mol. The first kappa shape index (κ1) is 13.8. The summed E-state index contributed by atoms with van der Waals surface area (Å²) in [5.41, 5.74) is 0.720. The molecule has 0 spiro atoms. The van der Waals surface area contributed by atoms with Gasteiger partial charge in [-0.25, -0.2) is 0 Å². The molecule has 4 nitrogen and oxygen atoms in total. The predicted molar refractivity (Wildman–Crippen MR) is 78.1 cm³/mol. The molecule has 2 aromatic rings. The molecule has 0 aliphatic rings. The van der Waals surface area contributed by atoms with Crippen LogP contribution >= 0.6 is 11.3 Å². The topological polar surface area (TPSA) is 69.6 Å². The van der Waals surface area contributed by atoms with Gasteiger partial charge in [-0.3, -0.25) is 9.36 Å². The average molecular weight is 281 g/mol. The number of aromatic nitrogens is 1. The van der Waals surface area contributed by atoms with Gasteiger partial charge < -0.3 is 0 Å². The van der Waals surface area contributed by atoms with Crippen LogP contribution in [0.5, 0.6) is 0 Å². The molecule has 0 atom stereocenters. The van der Waals surface area contributed by atoms with E-state index in [9.17, 15) is 4.79 Å². The Hall–Kier alpha value is -2.63. The van der Waals surface area contributed by atoms with E-state index in [1.165, 1.54) is 15.9 Å². The van der Waals surface area contributed by atoms with Crippen molar-refractivity contribution in [3.63, 3.8) is 0 Å². The van der Waals surface area contributed by atoms with Gasteiger partial charge in [-0.2, -0.15) is 10.5 Å². The minimum Gasteiger partial charge on any atom is -0.298 e. The van der Waals surface area contributed by atoms with E-state index >= 15 is 0 Å². The highest BCUT2D eigenvalue weighted by Crippen LogP contribution is 1.98. The van der Waals surface area contributed by atoms with Gasteiger partial charge in [-0.15, -0.1) is 11.3 Å². The van der Waals surface area contributed by atoms with Crippen molar-refractivity contribution in [1.82, 2.24) is 4.57 Å². The van der Waals surface area contributed by atoms with Gasteiger partial charge in [-0.05, 0) is 18.6 Å². The highest BCUT2D eigenvalue weighted by Gasteiger charge is 2.07. The summed E-state index contributed by atoms with van der Waals surface area (Å²) in [5, 5.41) is 17.9. The van der Waals surface area contributed by atoms with Crippen molar-refractivity contribution in [3.05, 3.63) is 55.4 Å². The van der Waals surface area contributed by atoms with Crippen LogP contribution in [0.3, 0.4) is 0 Å². The second-order valence-electron chi connectivity index (χ2n) is 3.97. The maximum Gasteiger partial charge on any atom is 0.269 e. The van der Waals surface area contributed by atoms with Gasteiger partial charge >= 0.3 is 0 Å². The second kappa shape index (κ2) is 6.01. The van der Waals surface area contributed by atoms with Crippen LogP contribution < -0.4 is 14.8 Å². The molecular weight excluding hydrogens is 270 g/mol. The average Bonchev–Trinajstić information content (AvgIpc) is 2.78. The van der Waals surface area contributed by atoms with Gasteiger partial charge in [0.2, 0.25) is 0 Å². The molecule has 98 valence electrons. The van der Waals surface area contributed by atoms with E-state index in [0.717, 1.165) is 5.56 Å². The van der Waals surface area contributed by atoms with Gasteiger partial charge in [0.25, 0.3) is 5.56 Å². The van der Waals surface area contributed by atoms with Gasteiger partial charge in [0.15, 0.2) is 5.57 Å². The summed E-state index contributed by atoms with van der Waals surface area (Å²) in [5.74, 6) is 0. The molecule has 0 saturated carbocycles. The molecule has 1 aromatic carbocycles. The third-order valence-electron chi connectivity index (χ3n) is 2.76. The Morgan fingerprint density at radius 1 is 1.30 bits per heavy atom. The molecule has 0 fully saturated rings. The highest BCUT2D eigenvalue weighted by molar-refractivity contribution is 7.07. The second-order valence-corrected chi connectivity index (χ2v) is 5.01. The van der Waals surface area contributed by atoms with Gasteiger partial charge in [-0.1, -0.05) is 30.3 Å². The standard InChI is InChI=1S/C15H11N3OS/c1-2-18-14(19)13(8-11-6-4-3-5-7-11)20-15(18)12(9-16)10-17/h3-8H,2H2,1H3/b13-8+. The van der Waals surface area contributed by atoms with Crippen molar-refractivity contribution >= 4 is 23.0 Å². The fourth-order valence-corrected chi connectivity index (χ4v) is 2.93. The third-order valence-corrected chi connectivity index (χ3v) is 3.89. The smallest absolute Gasteiger partial charge is 0.269 e. The summed E-state index contributed by atoms with van der Waals surface area (Å²) >= 11 is 1.18. The molecule has 0 radical (unpaired) electrons. The minimum absolute atomic E-state index is 0.0262. The molecule has 5 heteroatoms. The first-order valence-electron chi connectivity index (χ1n) is 6.02. The molecule has 0 bridgehead atoms. The fourth-order valence-electron chi connectivity index (χ4n) is 1.81. The summed E-state index contributed by atoms with van der Waals surface area (Å²) in [6.45, 7) is 2.25. The molecule has 0 amide bonds. The van der Waals surface area contributed by atoms with Crippen LogP contribution in [0.4, 0.5) is 0 Å². The largest absolute Gasteiger partial charge is 0.298 e. The van der Waals surface area contributed by atoms with Crippen molar-refractivity contribution < 1.29 is 0 Å². The molecule has 2 rings (SSSR count). The van der Waals surface area contributed by atoms with E-state index in [1.807, 2.05) is 49.4 Å². The van der Waals surface area contributed by atoms with Crippen LogP contribution in [0.2, 0.25) is 0 Å². The molecule has 0 unspecified atom stereocenters. The first-order chi connectivity index (χ1) is 9.71. The van der Waals surface area contributed by atoms with E-state index in [0.29, 0.717) is 15.7 Å². The summed E-state index contributed by atoms with van der Waals surface area (Å²) < 4.78 is 2.40.